The van der Waals surface area contributed by atoms with Crippen LogP contribution in [0.2, 0.25) is 0 Å². The summed E-state index contributed by atoms with van der Waals surface area (Å²) in [4.78, 5) is 0. The molecule has 0 saturated carbocycles. The van der Waals surface area contributed by atoms with Crippen LogP contribution >= 0.6 is 0 Å². The summed E-state index contributed by atoms with van der Waals surface area (Å²) in [5, 5.41) is 18.3. The molecule has 1 aliphatic heterocycles. The van der Waals surface area contributed by atoms with Crippen molar-refractivity contribution in [3.63, 3.8) is 0 Å². The van der Waals surface area contributed by atoms with Crippen molar-refractivity contribution in [2.24, 2.45) is 0 Å². The van der Waals surface area contributed by atoms with Crippen LogP contribution in [-0.2, 0) is 4.74 Å². The van der Waals surface area contributed by atoms with Crippen LogP contribution in [-0.4, -0.2) is 36.5 Å². The van der Waals surface area contributed by atoms with Gasteiger partial charge < -0.3 is 19.5 Å². The van der Waals surface area contributed by atoms with E-state index >= 15 is 0 Å². The topological polar surface area (TPSA) is 58.9 Å². The molecule has 0 aromatic heterocycles. The molecule has 92 valence electrons. The molecule has 6 heteroatoms. The van der Waals surface area contributed by atoms with E-state index in [9.17, 15) is 4.39 Å². The maximum atomic E-state index is 13.1. The molecule has 4 nitrogen and oxygen atoms in total. The molecule has 0 atom stereocenters. The summed E-state index contributed by atoms with van der Waals surface area (Å²) in [6.45, 7) is 1.22. The lowest BCUT2D eigenvalue weighted by Gasteiger charge is -2.24. The van der Waals surface area contributed by atoms with Crippen LogP contribution in [0.15, 0.2) is 18.2 Å². The summed E-state index contributed by atoms with van der Waals surface area (Å²) >= 11 is 0. The van der Waals surface area contributed by atoms with Crippen molar-refractivity contribution in [2.75, 3.05) is 13.2 Å². The van der Waals surface area contributed by atoms with E-state index in [0.29, 0.717) is 13.2 Å². The van der Waals surface area contributed by atoms with Gasteiger partial charge in [0, 0.05) is 24.4 Å². The molecule has 1 fully saturated rings. The third kappa shape index (κ3) is 3.18. The molecule has 0 unspecified atom stereocenters. The van der Waals surface area contributed by atoms with Gasteiger partial charge in [0.1, 0.15) is 17.7 Å². The van der Waals surface area contributed by atoms with Gasteiger partial charge >= 0.3 is 7.12 Å². The van der Waals surface area contributed by atoms with Gasteiger partial charge in [-0.25, -0.2) is 4.39 Å². The highest BCUT2D eigenvalue weighted by Crippen LogP contribution is 2.17. The second-order valence-corrected chi connectivity index (χ2v) is 3.99. The van der Waals surface area contributed by atoms with Crippen LogP contribution in [0.4, 0.5) is 4.39 Å². The molecule has 0 radical (unpaired) electrons. The summed E-state index contributed by atoms with van der Waals surface area (Å²) in [6.07, 6.45) is 1.37. The first-order valence-electron chi connectivity index (χ1n) is 5.57. The lowest BCUT2D eigenvalue weighted by atomic mass is 9.79. The van der Waals surface area contributed by atoms with E-state index in [4.69, 9.17) is 19.5 Å². The van der Waals surface area contributed by atoms with Gasteiger partial charge in [0.15, 0.2) is 0 Å². The molecule has 17 heavy (non-hydrogen) atoms. The van der Waals surface area contributed by atoms with E-state index in [1.807, 2.05) is 0 Å². The Kier molecular flexibility index (Phi) is 3.99. The predicted molar refractivity (Wildman–Crippen MR) is 60.7 cm³/mol. The van der Waals surface area contributed by atoms with Crippen molar-refractivity contribution in [1.82, 2.24) is 0 Å². The van der Waals surface area contributed by atoms with Crippen molar-refractivity contribution >= 4 is 12.6 Å². The molecule has 1 aromatic carbocycles. The molecule has 1 saturated heterocycles. The van der Waals surface area contributed by atoms with Gasteiger partial charge in [-0.15, -0.1) is 0 Å². The van der Waals surface area contributed by atoms with Crippen LogP contribution in [0.5, 0.6) is 5.75 Å². The van der Waals surface area contributed by atoms with E-state index in [2.05, 4.69) is 0 Å². The predicted octanol–water partition coefficient (Wildman–Crippen LogP) is 0.0633. The Morgan fingerprint density at radius 1 is 1.29 bits per heavy atom. The van der Waals surface area contributed by atoms with Gasteiger partial charge in [0.25, 0.3) is 0 Å². The van der Waals surface area contributed by atoms with Crippen LogP contribution in [0.1, 0.15) is 12.8 Å². The third-order valence-electron chi connectivity index (χ3n) is 2.72. The number of hydrogen-bond donors (Lipinski definition) is 2. The third-order valence-corrected chi connectivity index (χ3v) is 2.72. The molecule has 0 amide bonds. The minimum Gasteiger partial charge on any atom is -0.491 e. The maximum absolute atomic E-state index is 13.1. The number of halogens is 1. The zero-order valence-electron chi connectivity index (χ0n) is 9.30. The van der Waals surface area contributed by atoms with E-state index in [-0.39, 0.29) is 17.3 Å². The molecule has 2 N–H and O–H groups in total. The average Bonchev–Trinajstić information content (AvgIpc) is 2.30. The zero-order valence-corrected chi connectivity index (χ0v) is 9.30. The van der Waals surface area contributed by atoms with Crippen molar-refractivity contribution < 1.29 is 23.9 Å². The molecule has 0 bridgehead atoms. The Hall–Kier alpha value is -1.11. The summed E-state index contributed by atoms with van der Waals surface area (Å²) in [7, 11) is -1.66. The van der Waals surface area contributed by atoms with Gasteiger partial charge in [-0.3, -0.25) is 0 Å². The molecule has 0 spiro atoms. The fourth-order valence-electron chi connectivity index (χ4n) is 1.80. The SMILES string of the molecule is OB(O)c1ccc(F)cc1OC1CCOCC1. The second kappa shape index (κ2) is 5.49. The minimum absolute atomic E-state index is 0.0666. The van der Waals surface area contributed by atoms with Gasteiger partial charge in [0.05, 0.1) is 13.2 Å². The molecular weight excluding hydrogens is 226 g/mol. The highest BCUT2D eigenvalue weighted by Gasteiger charge is 2.22. The van der Waals surface area contributed by atoms with Crippen LogP contribution < -0.4 is 10.2 Å². The Morgan fingerprint density at radius 2 is 2.00 bits per heavy atom. The fourth-order valence-corrected chi connectivity index (χ4v) is 1.80. The highest BCUT2D eigenvalue weighted by molar-refractivity contribution is 6.59. The molecular formula is C11H14BFO4. The summed E-state index contributed by atoms with van der Waals surface area (Å²) in [5.41, 5.74) is 0.179. The van der Waals surface area contributed by atoms with E-state index in [1.54, 1.807) is 0 Å². The smallest absolute Gasteiger partial charge is 0.491 e. The Balaban J connectivity index is 2.14. The maximum Gasteiger partial charge on any atom is 0.492 e. The first-order chi connectivity index (χ1) is 8.16. The number of hydrogen-bond acceptors (Lipinski definition) is 4. The number of ether oxygens (including phenoxy) is 2. The normalized spacial score (nSPS) is 16.9. The molecule has 1 aliphatic rings. The van der Waals surface area contributed by atoms with Gasteiger partial charge in [-0.2, -0.15) is 0 Å². The fraction of sp³-hybridized carbons (Fsp3) is 0.455. The minimum atomic E-state index is -1.66. The van der Waals surface area contributed by atoms with Gasteiger partial charge in [0.2, 0.25) is 0 Å². The van der Waals surface area contributed by atoms with E-state index < -0.39 is 12.9 Å². The van der Waals surface area contributed by atoms with E-state index in [1.165, 1.54) is 18.2 Å². The van der Waals surface area contributed by atoms with Crippen LogP contribution in [0.3, 0.4) is 0 Å². The summed E-state index contributed by atoms with van der Waals surface area (Å²) in [6, 6.07) is 3.66. The monoisotopic (exact) mass is 240 g/mol. The second-order valence-electron chi connectivity index (χ2n) is 3.99. The average molecular weight is 240 g/mol. The molecule has 2 rings (SSSR count). The van der Waals surface area contributed by atoms with Crippen molar-refractivity contribution in [3.8, 4) is 5.75 Å². The first kappa shape index (κ1) is 12.4. The van der Waals surface area contributed by atoms with Gasteiger partial charge in [-0.05, 0) is 6.07 Å². The number of rotatable bonds is 3. The van der Waals surface area contributed by atoms with Crippen LogP contribution in [0, 0.1) is 5.82 Å². The van der Waals surface area contributed by atoms with Crippen molar-refractivity contribution in [2.45, 2.75) is 18.9 Å². The van der Waals surface area contributed by atoms with Crippen LogP contribution in [0.25, 0.3) is 0 Å². The van der Waals surface area contributed by atoms with E-state index in [0.717, 1.165) is 12.8 Å². The van der Waals surface area contributed by atoms with Crippen molar-refractivity contribution in [3.05, 3.63) is 24.0 Å². The lowest BCUT2D eigenvalue weighted by Crippen LogP contribution is -2.34. The molecule has 1 heterocycles. The Bertz CT molecular complexity index is 380. The quantitative estimate of drug-likeness (QED) is 0.733. The highest BCUT2D eigenvalue weighted by atomic mass is 19.1. The standard InChI is InChI=1S/C11H14BFO4/c13-8-1-2-10(12(14)15)11(7-8)17-9-3-5-16-6-4-9/h1-2,7,9,14-15H,3-6H2. The first-order valence-corrected chi connectivity index (χ1v) is 5.57. The summed E-state index contributed by atoms with van der Waals surface area (Å²) in [5.74, 6) is -0.275. The Labute approximate surface area is 99.1 Å². The molecule has 1 aromatic rings. The zero-order chi connectivity index (χ0) is 12.3. The largest absolute Gasteiger partial charge is 0.492 e. The van der Waals surface area contributed by atoms with Crippen molar-refractivity contribution in [1.29, 1.82) is 0 Å². The summed E-state index contributed by atoms with van der Waals surface area (Å²) < 4.78 is 23.9. The lowest BCUT2D eigenvalue weighted by molar-refractivity contribution is 0.0258. The Morgan fingerprint density at radius 3 is 2.65 bits per heavy atom. The molecule has 0 aliphatic carbocycles. The number of benzene rings is 1. The van der Waals surface area contributed by atoms with Gasteiger partial charge in [-0.1, -0.05) is 6.07 Å².